The van der Waals surface area contributed by atoms with E-state index >= 15 is 0 Å². The van der Waals surface area contributed by atoms with Crippen molar-refractivity contribution in [1.29, 1.82) is 0 Å². The first-order valence-electron chi connectivity index (χ1n) is 8.34. The van der Waals surface area contributed by atoms with Crippen molar-refractivity contribution in [2.75, 3.05) is 34.3 Å². The molecule has 0 bridgehead atoms. The van der Waals surface area contributed by atoms with Crippen LogP contribution in [0.4, 0.5) is 0 Å². The highest BCUT2D eigenvalue weighted by atomic mass is 16.5. The van der Waals surface area contributed by atoms with E-state index in [4.69, 9.17) is 4.74 Å². The largest absolute Gasteiger partial charge is 0.469 e. The molecule has 1 fully saturated rings. The minimum Gasteiger partial charge on any atom is -0.469 e. The lowest BCUT2D eigenvalue weighted by molar-refractivity contribution is -0.145. The van der Waals surface area contributed by atoms with E-state index < -0.39 is 0 Å². The zero-order valence-corrected chi connectivity index (χ0v) is 15.2. The number of methoxy groups -OCH3 is 1. The van der Waals surface area contributed by atoms with Gasteiger partial charge in [0, 0.05) is 39.3 Å². The lowest BCUT2D eigenvalue weighted by atomic mass is 9.99. The Balaban J connectivity index is 1.95. The topological polar surface area (TPSA) is 83.0 Å². The van der Waals surface area contributed by atoms with Gasteiger partial charge in [-0.15, -0.1) is 0 Å². The van der Waals surface area contributed by atoms with E-state index in [0.29, 0.717) is 18.7 Å². The summed E-state index contributed by atoms with van der Waals surface area (Å²) in [5, 5.41) is 5.91. The van der Waals surface area contributed by atoms with E-state index in [2.05, 4.69) is 20.5 Å². The first-order chi connectivity index (χ1) is 12.0. The fourth-order valence-electron chi connectivity index (χ4n) is 3.03. The Morgan fingerprint density at radius 2 is 1.96 bits per heavy atom. The number of aliphatic imine (C=N–C) groups is 1. The maximum Gasteiger partial charge on any atom is 0.310 e. The monoisotopic (exact) mass is 346 g/mol. The van der Waals surface area contributed by atoms with Gasteiger partial charge >= 0.3 is 5.97 Å². The van der Waals surface area contributed by atoms with Crippen molar-refractivity contribution in [2.24, 2.45) is 16.8 Å². The number of carbonyl (C=O) groups excluding carboxylic acids is 2. The van der Waals surface area contributed by atoms with Crippen LogP contribution in [0.5, 0.6) is 0 Å². The second kappa shape index (κ2) is 8.50. The molecule has 2 atom stereocenters. The standard InChI is InChI=1S/C18H26N4O3/c1-12-10-22(11-15(12)17(24)25-4)18(20-3)21-9-13-5-7-14(8-6-13)16(23)19-2/h5-8,12,15H,9-11H2,1-4H3,(H,19,23)(H,20,21). The number of carbonyl (C=O) groups is 2. The van der Waals surface area contributed by atoms with Gasteiger partial charge in [-0.1, -0.05) is 19.1 Å². The van der Waals surface area contributed by atoms with Gasteiger partial charge in [0.1, 0.15) is 0 Å². The molecule has 0 spiro atoms. The van der Waals surface area contributed by atoms with Gasteiger partial charge in [0.15, 0.2) is 5.96 Å². The molecular formula is C18H26N4O3. The van der Waals surface area contributed by atoms with Crippen LogP contribution in [0.2, 0.25) is 0 Å². The molecule has 7 nitrogen and oxygen atoms in total. The normalized spacial score (nSPS) is 20.3. The molecule has 0 radical (unpaired) electrons. The predicted octanol–water partition coefficient (Wildman–Crippen LogP) is 0.863. The Bertz CT molecular complexity index is 642. The zero-order valence-electron chi connectivity index (χ0n) is 15.2. The van der Waals surface area contributed by atoms with Gasteiger partial charge in [0.25, 0.3) is 5.91 Å². The molecule has 1 aromatic rings. The van der Waals surface area contributed by atoms with Crippen LogP contribution in [0.15, 0.2) is 29.3 Å². The molecule has 2 rings (SSSR count). The van der Waals surface area contributed by atoms with Crippen molar-refractivity contribution >= 4 is 17.8 Å². The van der Waals surface area contributed by atoms with Crippen LogP contribution in [-0.4, -0.2) is 57.0 Å². The summed E-state index contributed by atoms with van der Waals surface area (Å²) < 4.78 is 4.88. The number of nitrogens with zero attached hydrogens (tertiary/aromatic N) is 2. The highest BCUT2D eigenvalue weighted by Crippen LogP contribution is 2.24. The molecule has 2 N–H and O–H groups in total. The molecule has 1 saturated heterocycles. The van der Waals surface area contributed by atoms with Gasteiger partial charge in [-0.25, -0.2) is 0 Å². The lowest BCUT2D eigenvalue weighted by Crippen LogP contribution is -2.40. The molecule has 136 valence electrons. The third-order valence-electron chi connectivity index (χ3n) is 4.52. The molecule has 1 aliphatic heterocycles. The van der Waals surface area contributed by atoms with Gasteiger partial charge < -0.3 is 20.3 Å². The number of benzene rings is 1. The summed E-state index contributed by atoms with van der Waals surface area (Å²) in [6.45, 7) is 4.00. The van der Waals surface area contributed by atoms with Crippen molar-refractivity contribution in [3.63, 3.8) is 0 Å². The number of nitrogens with one attached hydrogen (secondary N) is 2. The summed E-state index contributed by atoms with van der Waals surface area (Å²) in [5.74, 6) is 0.576. The molecule has 1 aromatic carbocycles. The maximum atomic E-state index is 11.8. The highest BCUT2D eigenvalue weighted by Gasteiger charge is 2.36. The first-order valence-corrected chi connectivity index (χ1v) is 8.34. The Morgan fingerprint density at radius 1 is 1.28 bits per heavy atom. The first kappa shape index (κ1) is 18.8. The van der Waals surface area contributed by atoms with Crippen LogP contribution < -0.4 is 10.6 Å². The van der Waals surface area contributed by atoms with Crippen LogP contribution in [0.3, 0.4) is 0 Å². The minimum atomic E-state index is -0.171. The van der Waals surface area contributed by atoms with Crippen LogP contribution in [-0.2, 0) is 16.1 Å². The van der Waals surface area contributed by atoms with Crippen molar-refractivity contribution in [2.45, 2.75) is 13.5 Å². The van der Waals surface area contributed by atoms with Gasteiger partial charge in [0.2, 0.25) is 0 Å². The Kier molecular flexibility index (Phi) is 6.38. The van der Waals surface area contributed by atoms with Crippen molar-refractivity contribution < 1.29 is 14.3 Å². The van der Waals surface area contributed by atoms with Crippen molar-refractivity contribution in [1.82, 2.24) is 15.5 Å². The van der Waals surface area contributed by atoms with E-state index in [1.807, 2.05) is 19.1 Å². The highest BCUT2D eigenvalue weighted by molar-refractivity contribution is 5.94. The molecule has 2 unspecified atom stereocenters. The number of guanidine groups is 1. The predicted molar refractivity (Wildman–Crippen MR) is 96.3 cm³/mol. The van der Waals surface area contributed by atoms with E-state index in [9.17, 15) is 9.59 Å². The fourth-order valence-corrected chi connectivity index (χ4v) is 3.03. The molecule has 0 saturated carbocycles. The molecule has 0 aliphatic carbocycles. The van der Waals surface area contributed by atoms with Gasteiger partial charge in [-0.2, -0.15) is 0 Å². The van der Waals surface area contributed by atoms with E-state index in [1.165, 1.54) is 7.11 Å². The van der Waals surface area contributed by atoms with Gasteiger partial charge in [-0.3, -0.25) is 14.6 Å². The second-order valence-electron chi connectivity index (χ2n) is 6.19. The number of hydrogen-bond acceptors (Lipinski definition) is 4. The summed E-state index contributed by atoms with van der Waals surface area (Å²) in [4.78, 5) is 29.8. The third-order valence-corrected chi connectivity index (χ3v) is 4.52. The summed E-state index contributed by atoms with van der Waals surface area (Å²) in [7, 11) is 4.76. The van der Waals surface area contributed by atoms with Crippen LogP contribution in [0.25, 0.3) is 0 Å². The molecule has 0 aromatic heterocycles. The number of amides is 1. The third kappa shape index (κ3) is 4.49. The van der Waals surface area contributed by atoms with E-state index in [-0.39, 0.29) is 23.7 Å². The molecule has 1 heterocycles. The average Bonchev–Trinajstić information content (AvgIpc) is 3.03. The Labute approximate surface area is 148 Å². The quantitative estimate of drug-likeness (QED) is 0.480. The minimum absolute atomic E-state index is 0.102. The zero-order chi connectivity index (χ0) is 18.4. The van der Waals surface area contributed by atoms with Gasteiger partial charge in [0.05, 0.1) is 13.0 Å². The van der Waals surface area contributed by atoms with Gasteiger partial charge in [-0.05, 0) is 23.6 Å². The molecule has 7 heteroatoms. The maximum absolute atomic E-state index is 11.8. The molecule has 1 amide bonds. The molecular weight excluding hydrogens is 320 g/mol. The van der Waals surface area contributed by atoms with Crippen LogP contribution in [0, 0.1) is 11.8 Å². The van der Waals surface area contributed by atoms with Crippen molar-refractivity contribution in [3.8, 4) is 0 Å². The second-order valence-corrected chi connectivity index (χ2v) is 6.19. The number of hydrogen-bond donors (Lipinski definition) is 2. The van der Waals surface area contributed by atoms with Crippen molar-refractivity contribution in [3.05, 3.63) is 35.4 Å². The Hall–Kier alpha value is -2.57. The average molecular weight is 346 g/mol. The summed E-state index contributed by atoms with van der Waals surface area (Å²) in [5.41, 5.74) is 1.68. The lowest BCUT2D eigenvalue weighted by Gasteiger charge is -2.21. The van der Waals surface area contributed by atoms with Crippen LogP contribution >= 0.6 is 0 Å². The summed E-state index contributed by atoms with van der Waals surface area (Å²) in [6.07, 6.45) is 0. The molecule has 25 heavy (non-hydrogen) atoms. The molecule has 1 aliphatic rings. The van der Waals surface area contributed by atoms with E-state index in [0.717, 1.165) is 18.1 Å². The number of likely N-dealkylation sites (tertiary alicyclic amines) is 1. The Morgan fingerprint density at radius 3 is 2.52 bits per heavy atom. The SMILES string of the molecule is CN=C(NCc1ccc(C(=O)NC)cc1)N1CC(C)C(C(=O)OC)C1. The fraction of sp³-hybridized carbons (Fsp3) is 0.500. The smallest absolute Gasteiger partial charge is 0.310 e. The summed E-state index contributed by atoms with van der Waals surface area (Å²) in [6, 6.07) is 7.41. The summed E-state index contributed by atoms with van der Waals surface area (Å²) >= 11 is 0. The van der Waals surface area contributed by atoms with E-state index in [1.54, 1.807) is 26.2 Å². The number of ether oxygens (including phenoxy) is 1. The van der Waals surface area contributed by atoms with Crippen LogP contribution in [0.1, 0.15) is 22.8 Å². The number of esters is 1. The number of rotatable bonds is 4.